The highest BCUT2D eigenvalue weighted by atomic mass is 32.2. The van der Waals surface area contributed by atoms with Gasteiger partial charge in [0.05, 0.1) is 18.1 Å². The molecule has 1 N–H and O–H groups in total. The first-order valence-electron chi connectivity index (χ1n) is 12.4. The minimum atomic E-state index is -3.77. The van der Waals surface area contributed by atoms with Crippen LogP contribution in [0.1, 0.15) is 51.4 Å². The van der Waals surface area contributed by atoms with Crippen LogP contribution in [-0.2, 0) is 19.6 Å². The molecule has 3 aliphatic rings. The van der Waals surface area contributed by atoms with Crippen LogP contribution < -0.4 is 14.2 Å². The molecule has 0 unspecified atom stereocenters. The number of carbonyl (C=O) groups is 2. The maximum absolute atomic E-state index is 12.8. The van der Waals surface area contributed by atoms with Crippen LogP contribution in [0.25, 0.3) is 0 Å². The summed E-state index contributed by atoms with van der Waals surface area (Å²) in [5.74, 6) is 1.07. The molecule has 2 fully saturated rings. The molecule has 0 aromatic heterocycles. The Hall–Kier alpha value is -2.33. The second kappa shape index (κ2) is 11.4. The lowest BCUT2D eigenvalue weighted by atomic mass is 9.95. The maximum atomic E-state index is 12.8. The number of sulfonamides is 1. The number of hydrogen-bond acceptors (Lipinski definition) is 6. The number of piperidine rings is 1. The van der Waals surface area contributed by atoms with Crippen LogP contribution in [0.15, 0.2) is 23.1 Å². The lowest BCUT2D eigenvalue weighted by Gasteiger charge is -2.34. The first kappa shape index (κ1) is 24.8. The van der Waals surface area contributed by atoms with Gasteiger partial charge in [0.2, 0.25) is 21.8 Å². The van der Waals surface area contributed by atoms with E-state index in [1.165, 1.54) is 25.0 Å². The molecule has 0 radical (unpaired) electrons. The van der Waals surface area contributed by atoms with E-state index in [0.29, 0.717) is 50.6 Å². The quantitative estimate of drug-likeness (QED) is 0.651. The molecule has 1 aromatic carbocycles. The summed E-state index contributed by atoms with van der Waals surface area (Å²) in [5.41, 5.74) is 0. The van der Waals surface area contributed by atoms with Gasteiger partial charge in [-0.2, -0.15) is 0 Å². The number of nitrogens with one attached hydrogen (secondary N) is 1. The van der Waals surface area contributed by atoms with Gasteiger partial charge in [-0.05, 0) is 37.8 Å². The highest BCUT2D eigenvalue weighted by Gasteiger charge is 2.30. The summed E-state index contributed by atoms with van der Waals surface area (Å²) in [6.45, 7) is 3.79. The van der Waals surface area contributed by atoms with Crippen molar-refractivity contribution in [3.8, 4) is 11.5 Å². The van der Waals surface area contributed by atoms with Crippen LogP contribution in [0.5, 0.6) is 11.5 Å². The third-order valence-corrected chi connectivity index (χ3v) is 8.23. The van der Waals surface area contributed by atoms with Crippen molar-refractivity contribution in [2.24, 2.45) is 5.92 Å². The predicted octanol–water partition coefficient (Wildman–Crippen LogP) is 2.16. The number of carbonyl (C=O) groups excluding carboxylic acids is 2. The fourth-order valence-corrected chi connectivity index (χ4v) is 5.82. The molecule has 2 amide bonds. The van der Waals surface area contributed by atoms with Gasteiger partial charge in [-0.1, -0.05) is 12.8 Å². The zero-order chi connectivity index (χ0) is 24.0. The molecular weight excluding hydrogens is 458 g/mol. The van der Waals surface area contributed by atoms with Gasteiger partial charge >= 0.3 is 0 Å². The molecule has 34 heavy (non-hydrogen) atoms. The lowest BCUT2D eigenvalue weighted by molar-refractivity contribution is -0.140. The van der Waals surface area contributed by atoms with Crippen molar-refractivity contribution in [1.29, 1.82) is 0 Å². The van der Waals surface area contributed by atoms with Crippen LogP contribution >= 0.6 is 0 Å². The van der Waals surface area contributed by atoms with Crippen molar-refractivity contribution >= 4 is 21.8 Å². The summed E-state index contributed by atoms with van der Waals surface area (Å²) >= 11 is 0. The Morgan fingerprint density at radius 2 is 1.56 bits per heavy atom. The lowest BCUT2D eigenvalue weighted by Crippen LogP contribution is -2.45. The van der Waals surface area contributed by atoms with Crippen LogP contribution in [0, 0.1) is 5.92 Å². The Kier molecular flexibility index (Phi) is 8.31. The largest absolute Gasteiger partial charge is 0.490 e. The standard InChI is InChI=1S/C24H35N3O6S/c28-23(26-14-9-19(10-15-26)24(29)27-12-3-1-2-4-13-27)8-11-25-34(30,31)20-6-7-21-22(18-20)33-17-5-16-32-21/h6-7,18-19,25H,1-5,8-17H2. The fraction of sp³-hybridized carbons (Fsp3) is 0.667. The molecule has 0 atom stereocenters. The number of rotatable bonds is 6. The molecule has 1 aromatic rings. The van der Waals surface area contributed by atoms with Crippen molar-refractivity contribution in [2.45, 2.75) is 56.3 Å². The SMILES string of the molecule is O=C(CCNS(=O)(=O)c1ccc2c(c1)OCCCO2)N1CCC(C(=O)N2CCCCCC2)CC1. The van der Waals surface area contributed by atoms with E-state index in [2.05, 4.69) is 4.72 Å². The Bertz CT molecular complexity index is 967. The van der Waals surface area contributed by atoms with E-state index in [9.17, 15) is 18.0 Å². The number of hydrogen-bond donors (Lipinski definition) is 1. The summed E-state index contributed by atoms with van der Waals surface area (Å²) < 4.78 is 39.0. The summed E-state index contributed by atoms with van der Waals surface area (Å²) in [6.07, 6.45) is 6.68. The molecule has 188 valence electrons. The van der Waals surface area contributed by atoms with E-state index in [1.807, 2.05) is 4.90 Å². The molecule has 9 nitrogen and oxygen atoms in total. The highest BCUT2D eigenvalue weighted by Crippen LogP contribution is 2.31. The average molecular weight is 494 g/mol. The molecule has 4 rings (SSSR count). The van der Waals surface area contributed by atoms with Crippen LogP contribution in [0.2, 0.25) is 0 Å². The molecule has 2 saturated heterocycles. The normalized spacial score (nSPS) is 19.9. The summed E-state index contributed by atoms with van der Waals surface area (Å²) in [6, 6.07) is 4.53. The first-order valence-corrected chi connectivity index (χ1v) is 13.9. The second-order valence-electron chi connectivity index (χ2n) is 9.20. The van der Waals surface area contributed by atoms with E-state index in [4.69, 9.17) is 9.47 Å². The van der Waals surface area contributed by atoms with E-state index < -0.39 is 10.0 Å². The number of benzene rings is 1. The van der Waals surface area contributed by atoms with Gasteiger partial charge in [-0.15, -0.1) is 0 Å². The van der Waals surface area contributed by atoms with Crippen LogP contribution in [-0.4, -0.2) is 76.0 Å². The van der Waals surface area contributed by atoms with Crippen molar-refractivity contribution in [3.05, 3.63) is 18.2 Å². The number of amides is 2. The predicted molar refractivity (Wildman–Crippen MR) is 126 cm³/mol. The van der Waals surface area contributed by atoms with Gasteiger partial charge < -0.3 is 19.3 Å². The number of ether oxygens (including phenoxy) is 2. The molecule has 0 spiro atoms. The molecule has 0 saturated carbocycles. The Labute approximate surface area is 201 Å². The number of fused-ring (bicyclic) bond motifs is 1. The smallest absolute Gasteiger partial charge is 0.240 e. The second-order valence-corrected chi connectivity index (χ2v) is 11.0. The van der Waals surface area contributed by atoms with Gasteiger partial charge in [-0.3, -0.25) is 9.59 Å². The number of likely N-dealkylation sites (tertiary alicyclic amines) is 2. The Morgan fingerprint density at radius 1 is 0.882 bits per heavy atom. The monoisotopic (exact) mass is 493 g/mol. The molecule has 0 bridgehead atoms. The molecular formula is C24H35N3O6S. The topological polar surface area (TPSA) is 105 Å². The zero-order valence-electron chi connectivity index (χ0n) is 19.7. The molecule has 3 heterocycles. The van der Waals surface area contributed by atoms with Crippen LogP contribution in [0.3, 0.4) is 0 Å². The molecule has 0 aliphatic carbocycles. The zero-order valence-corrected chi connectivity index (χ0v) is 20.5. The van der Waals surface area contributed by atoms with E-state index in [0.717, 1.165) is 32.4 Å². The Morgan fingerprint density at radius 3 is 2.26 bits per heavy atom. The third kappa shape index (κ3) is 6.21. The van der Waals surface area contributed by atoms with Crippen molar-refractivity contribution in [2.75, 3.05) is 45.9 Å². The maximum Gasteiger partial charge on any atom is 0.240 e. The average Bonchev–Trinajstić information content (AvgIpc) is 3.26. The fourth-order valence-electron chi connectivity index (χ4n) is 4.77. The molecule has 10 heteroatoms. The summed E-state index contributed by atoms with van der Waals surface area (Å²) in [4.78, 5) is 29.3. The van der Waals surface area contributed by atoms with Crippen molar-refractivity contribution in [1.82, 2.24) is 14.5 Å². The number of nitrogens with zero attached hydrogens (tertiary/aromatic N) is 2. The van der Waals surface area contributed by atoms with Gasteiger partial charge in [-0.25, -0.2) is 13.1 Å². The minimum Gasteiger partial charge on any atom is -0.490 e. The molecule has 3 aliphatic heterocycles. The Balaban J connectivity index is 1.23. The van der Waals surface area contributed by atoms with Gasteiger partial charge in [0.1, 0.15) is 0 Å². The van der Waals surface area contributed by atoms with E-state index in [1.54, 1.807) is 11.0 Å². The third-order valence-electron chi connectivity index (χ3n) is 6.77. The summed E-state index contributed by atoms with van der Waals surface area (Å²) in [7, 11) is -3.77. The minimum absolute atomic E-state index is 0.0138. The van der Waals surface area contributed by atoms with Gasteiger partial charge in [0, 0.05) is 57.5 Å². The van der Waals surface area contributed by atoms with E-state index >= 15 is 0 Å². The van der Waals surface area contributed by atoms with E-state index in [-0.39, 0.29) is 35.6 Å². The first-order chi connectivity index (χ1) is 16.4. The highest BCUT2D eigenvalue weighted by molar-refractivity contribution is 7.89. The van der Waals surface area contributed by atoms with Gasteiger partial charge in [0.15, 0.2) is 11.5 Å². The summed E-state index contributed by atoms with van der Waals surface area (Å²) in [5, 5.41) is 0. The van der Waals surface area contributed by atoms with Crippen molar-refractivity contribution < 1.29 is 27.5 Å². The van der Waals surface area contributed by atoms with Crippen molar-refractivity contribution in [3.63, 3.8) is 0 Å². The van der Waals surface area contributed by atoms with Crippen LogP contribution in [0.4, 0.5) is 0 Å². The van der Waals surface area contributed by atoms with Gasteiger partial charge in [0.25, 0.3) is 0 Å².